The smallest absolute Gasteiger partial charge is 0.256 e. The zero-order chi connectivity index (χ0) is 24.2. The van der Waals surface area contributed by atoms with Gasteiger partial charge in [-0.05, 0) is 78.1 Å². The zero-order valence-electron chi connectivity index (χ0n) is 19.2. The molecule has 0 saturated carbocycles. The third kappa shape index (κ3) is 4.57. The lowest BCUT2D eigenvalue weighted by molar-refractivity contribution is 0.102. The van der Waals surface area contributed by atoms with Gasteiger partial charge in [-0.25, -0.2) is 4.98 Å². The van der Waals surface area contributed by atoms with Crippen molar-refractivity contribution in [3.05, 3.63) is 95.2 Å². The van der Waals surface area contributed by atoms with E-state index >= 15 is 0 Å². The van der Waals surface area contributed by atoms with E-state index in [-0.39, 0.29) is 12.5 Å². The van der Waals surface area contributed by atoms with Crippen molar-refractivity contribution in [1.29, 1.82) is 5.26 Å². The molecule has 0 bridgehead atoms. The highest BCUT2D eigenvalue weighted by Gasteiger charge is 2.26. The van der Waals surface area contributed by atoms with Crippen molar-refractivity contribution in [3.63, 3.8) is 0 Å². The van der Waals surface area contributed by atoms with Crippen LogP contribution in [0.15, 0.2) is 72.8 Å². The Morgan fingerprint density at radius 3 is 2.51 bits per heavy atom. The molecule has 1 aromatic heterocycles. The molecule has 1 aliphatic rings. The Morgan fingerprint density at radius 2 is 1.77 bits per heavy atom. The number of hydrogen-bond donors (Lipinski definition) is 1. The number of nitrogens with zero attached hydrogens (tertiary/aromatic N) is 2. The number of aromatic nitrogens is 1. The Hall–Kier alpha value is -4.63. The van der Waals surface area contributed by atoms with Crippen LogP contribution in [0.4, 0.5) is 5.69 Å². The lowest BCUT2D eigenvalue weighted by atomic mass is 9.99. The molecule has 1 N–H and O–H groups in total. The average Bonchev–Trinajstić information content (AvgIpc) is 3.29. The summed E-state index contributed by atoms with van der Waals surface area (Å²) in [5, 5.41) is 12.5. The van der Waals surface area contributed by atoms with E-state index < -0.39 is 0 Å². The third-order valence-corrected chi connectivity index (χ3v) is 6.04. The van der Waals surface area contributed by atoms with E-state index in [2.05, 4.69) is 11.4 Å². The Bertz CT molecular complexity index is 1470. The number of nitriles is 1. The van der Waals surface area contributed by atoms with Gasteiger partial charge in [-0.2, -0.15) is 5.26 Å². The summed E-state index contributed by atoms with van der Waals surface area (Å²) in [5.74, 6) is 1.22. The molecule has 35 heavy (non-hydrogen) atoms. The summed E-state index contributed by atoms with van der Waals surface area (Å²) in [5.41, 5.74) is 6.13. The minimum Gasteiger partial charge on any atom is -0.497 e. The highest BCUT2D eigenvalue weighted by molar-refractivity contribution is 6.14. The summed E-state index contributed by atoms with van der Waals surface area (Å²) in [7, 11) is 1.65. The number of carbonyl (C=O) groups is 1. The van der Waals surface area contributed by atoms with Crippen LogP contribution >= 0.6 is 0 Å². The number of hydrogen-bond acceptors (Lipinski definition) is 5. The number of amides is 1. The van der Waals surface area contributed by atoms with Gasteiger partial charge in [0.05, 0.1) is 23.9 Å². The standard InChI is InChI=1S/C29H23N3O3/c1-34-22-11-6-19(7-12-22)18-20-8-15-25-27(24-4-2-3-5-26(24)32-28(20)25)29(33)31-21-9-13-23(14-10-21)35-17-16-30/h2-7,9-14,18H,8,15,17H2,1H3,(H,31,33)/b20-18+. The number of fused-ring (bicyclic) bond motifs is 2. The first-order chi connectivity index (χ1) is 17.2. The normalized spacial score (nSPS) is 13.3. The highest BCUT2D eigenvalue weighted by atomic mass is 16.5. The van der Waals surface area contributed by atoms with E-state index in [4.69, 9.17) is 19.7 Å². The average molecular weight is 462 g/mol. The maximum Gasteiger partial charge on any atom is 0.256 e. The van der Waals surface area contributed by atoms with Gasteiger partial charge in [-0.15, -0.1) is 0 Å². The summed E-state index contributed by atoms with van der Waals surface area (Å²) >= 11 is 0. The molecule has 4 aromatic rings. The molecule has 1 amide bonds. The monoisotopic (exact) mass is 461 g/mol. The van der Waals surface area contributed by atoms with Crippen molar-refractivity contribution < 1.29 is 14.3 Å². The first-order valence-corrected chi connectivity index (χ1v) is 11.3. The van der Waals surface area contributed by atoms with E-state index in [0.29, 0.717) is 17.0 Å². The number of para-hydroxylation sites is 1. The molecule has 0 radical (unpaired) electrons. The second-order valence-corrected chi connectivity index (χ2v) is 8.20. The van der Waals surface area contributed by atoms with Gasteiger partial charge >= 0.3 is 0 Å². The van der Waals surface area contributed by atoms with E-state index in [0.717, 1.165) is 51.9 Å². The van der Waals surface area contributed by atoms with Crippen molar-refractivity contribution in [2.75, 3.05) is 19.0 Å². The van der Waals surface area contributed by atoms with Crippen LogP contribution in [0.25, 0.3) is 22.6 Å². The topological polar surface area (TPSA) is 84.2 Å². The van der Waals surface area contributed by atoms with Crippen molar-refractivity contribution in [2.45, 2.75) is 12.8 Å². The minimum atomic E-state index is -0.170. The van der Waals surface area contributed by atoms with Crippen molar-refractivity contribution >= 4 is 34.1 Å². The molecule has 6 nitrogen and oxygen atoms in total. The maximum absolute atomic E-state index is 13.5. The van der Waals surface area contributed by atoms with E-state index in [1.807, 2.05) is 54.6 Å². The predicted octanol–water partition coefficient (Wildman–Crippen LogP) is 5.88. The number of ether oxygens (including phenoxy) is 2. The van der Waals surface area contributed by atoms with E-state index in [9.17, 15) is 4.79 Å². The van der Waals surface area contributed by atoms with Gasteiger partial charge in [-0.1, -0.05) is 30.3 Å². The first-order valence-electron chi connectivity index (χ1n) is 11.3. The Balaban J connectivity index is 1.50. The number of nitrogens with one attached hydrogen (secondary N) is 1. The molecule has 0 unspecified atom stereocenters. The predicted molar refractivity (Wildman–Crippen MR) is 136 cm³/mol. The first kappa shape index (κ1) is 22.2. The number of anilines is 1. The van der Waals surface area contributed by atoms with E-state index in [1.54, 1.807) is 31.4 Å². The van der Waals surface area contributed by atoms with Gasteiger partial charge in [0.15, 0.2) is 6.61 Å². The fourth-order valence-corrected chi connectivity index (χ4v) is 4.38. The molecule has 0 saturated heterocycles. The van der Waals surface area contributed by atoms with Crippen molar-refractivity contribution in [2.24, 2.45) is 0 Å². The second kappa shape index (κ2) is 9.70. The Morgan fingerprint density at radius 1 is 1.03 bits per heavy atom. The van der Waals surface area contributed by atoms with Crippen molar-refractivity contribution in [1.82, 2.24) is 4.98 Å². The van der Waals surface area contributed by atoms with Crippen molar-refractivity contribution in [3.8, 4) is 17.6 Å². The molecule has 0 spiro atoms. The molecule has 6 heteroatoms. The van der Waals surface area contributed by atoms with Crippen LogP contribution < -0.4 is 14.8 Å². The molecule has 0 atom stereocenters. The highest BCUT2D eigenvalue weighted by Crippen LogP contribution is 2.38. The van der Waals surface area contributed by atoms with E-state index in [1.165, 1.54) is 0 Å². The van der Waals surface area contributed by atoms with Crippen LogP contribution in [-0.4, -0.2) is 24.6 Å². The maximum atomic E-state index is 13.5. The molecular weight excluding hydrogens is 438 g/mol. The van der Waals surface area contributed by atoms with Crippen LogP contribution in [0.2, 0.25) is 0 Å². The van der Waals surface area contributed by atoms with Gasteiger partial charge in [0, 0.05) is 11.1 Å². The van der Waals surface area contributed by atoms with Crippen LogP contribution in [-0.2, 0) is 6.42 Å². The second-order valence-electron chi connectivity index (χ2n) is 8.20. The van der Waals surface area contributed by atoms with Gasteiger partial charge < -0.3 is 14.8 Å². The number of pyridine rings is 1. The molecule has 5 rings (SSSR count). The molecule has 0 aliphatic heterocycles. The quantitative estimate of drug-likeness (QED) is 0.387. The fourth-order valence-electron chi connectivity index (χ4n) is 4.38. The van der Waals surface area contributed by atoms with Gasteiger partial charge in [-0.3, -0.25) is 4.79 Å². The number of benzene rings is 3. The fraction of sp³-hybridized carbons (Fsp3) is 0.138. The summed E-state index contributed by atoms with van der Waals surface area (Å²) in [6.45, 7) is -0.0206. The molecule has 172 valence electrons. The number of carbonyl (C=O) groups excluding carboxylic acids is 1. The van der Waals surface area contributed by atoms with Gasteiger partial charge in [0.25, 0.3) is 5.91 Å². The minimum absolute atomic E-state index is 0.0206. The molecule has 1 aliphatic carbocycles. The largest absolute Gasteiger partial charge is 0.497 e. The number of rotatable bonds is 6. The third-order valence-electron chi connectivity index (χ3n) is 6.04. The van der Waals surface area contributed by atoms with Gasteiger partial charge in [0.1, 0.15) is 17.6 Å². The number of methoxy groups -OCH3 is 1. The van der Waals surface area contributed by atoms with Gasteiger partial charge in [0.2, 0.25) is 0 Å². The Labute approximate surface area is 203 Å². The zero-order valence-corrected chi connectivity index (χ0v) is 19.2. The Kier molecular flexibility index (Phi) is 6.15. The molecule has 1 heterocycles. The lowest BCUT2D eigenvalue weighted by Crippen LogP contribution is -2.15. The van der Waals surface area contributed by atoms with Crippen LogP contribution in [0.3, 0.4) is 0 Å². The molecular formula is C29H23N3O3. The molecule has 3 aromatic carbocycles. The number of allylic oxidation sites excluding steroid dienone is 1. The van der Waals surface area contributed by atoms with Crippen LogP contribution in [0.5, 0.6) is 11.5 Å². The summed E-state index contributed by atoms with van der Waals surface area (Å²) in [4.78, 5) is 18.5. The lowest BCUT2D eigenvalue weighted by Gasteiger charge is -2.13. The van der Waals surface area contributed by atoms with Crippen LogP contribution in [0.1, 0.15) is 33.6 Å². The molecule has 0 fully saturated rings. The SMILES string of the molecule is COc1ccc(/C=C2\CCc3c2nc2ccccc2c3C(=O)Nc2ccc(OCC#N)cc2)cc1. The van der Waals surface area contributed by atoms with Crippen LogP contribution in [0, 0.1) is 11.3 Å². The summed E-state index contributed by atoms with van der Waals surface area (Å²) in [6.07, 6.45) is 3.70. The summed E-state index contributed by atoms with van der Waals surface area (Å²) in [6, 6.07) is 24.6. The summed E-state index contributed by atoms with van der Waals surface area (Å²) < 4.78 is 10.6.